The van der Waals surface area contributed by atoms with E-state index in [0.717, 1.165) is 17.8 Å². The van der Waals surface area contributed by atoms with E-state index in [1.165, 1.54) is 12.8 Å². The number of rotatable bonds is 1. The predicted octanol–water partition coefficient (Wildman–Crippen LogP) is 3.04. The highest BCUT2D eigenvalue weighted by Gasteiger charge is 2.39. The summed E-state index contributed by atoms with van der Waals surface area (Å²) >= 11 is 0. The van der Waals surface area contributed by atoms with Gasteiger partial charge in [0, 0.05) is 5.54 Å². The summed E-state index contributed by atoms with van der Waals surface area (Å²) in [6, 6.07) is 0. The minimum atomic E-state index is 0.0621. The van der Waals surface area contributed by atoms with Gasteiger partial charge in [-0.05, 0) is 43.4 Å². The minimum absolute atomic E-state index is 0.0621. The molecule has 0 bridgehead atoms. The van der Waals surface area contributed by atoms with Crippen LogP contribution < -0.4 is 5.73 Å². The molecular weight excluding hydrogens is 158 g/mol. The van der Waals surface area contributed by atoms with E-state index in [4.69, 9.17) is 5.73 Å². The second-order valence-electron chi connectivity index (χ2n) is 5.72. The summed E-state index contributed by atoms with van der Waals surface area (Å²) in [6.45, 7) is 11.5. The standard InChI is InChI=1S/C12H25N/c1-8(2)11-6-9(3)10(4)12(5,13)7-11/h8-11H,6-7,13H2,1-5H3/t9?,10?,11-,12-/m1/s1. The Kier molecular flexibility index (Phi) is 3.06. The molecule has 1 saturated carbocycles. The van der Waals surface area contributed by atoms with Crippen LogP contribution in [0.3, 0.4) is 0 Å². The van der Waals surface area contributed by atoms with Crippen LogP contribution in [0.4, 0.5) is 0 Å². The van der Waals surface area contributed by atoms with Gasteiger partial charge in [-0.2, -0.15) is 0 Å². The molecular formula is C12H25N. The number of nitrogens with two attached hydrogens (primary N) is 1. The third-order valence-electron chi connectivity index (χ3n) is 4.21. The predicted molar refractivity (Wildman–Crippen MR) is 58.5 cm³/mol. The fourth-order valence-electron chi connectivity index (χ4n) is 2.67. The average molecular weight is 183 g/mol. The molecule has 0 heterocycles. The van der Waals surface area contributed by atoms with Crippen molar-refractivity contribution in [2.45, 2.75) is 53.0 Å². The third kappa shape index (κ3) is 2.25. The summed E-state index contributed by atoms with van der Waals surface area (Å²) in [5, 5.41) is 0. The van der Waals surface area contributed by atoms with E-state index in [-0.39, 0.29) is 5.54 Å². The first kappa shape index (κ1) is 11.0. The van der Waals surface area contributed by atoms with Gasteiger partial charge in [-0.1, -0.05) is 27.7 Å². The van der Waals surface area contributed by atoms with Crippen LogP contribution in [0.2, 0.25) is 0 Å². The van der Waals surface area contributed by atoms with E-state index >= 15 is 0 Å². The van der Waals surface area contributed by atoms with Gasteiger partial charge in [0.15, 0.2) is 0 Å². The van der Waals surface area contributed by atoms with Crippen LogP contribution in [0.15, 0.2) is 0 Å². The first-order chi connectivity index (χ1) is 5.84. The molecule has 78 valence electrons. The highest BCUT2D eigenvalue weighted by Crippen LogP contribution is 2.41. The Hall–Kier alpha value is -0.0400. The summed E-state index contributed by atoms with van der Waals surface area (Å²) in [4.78, 5) is 0. The Morgan fingerprint density at radius 1 is 1.31 bits per heavy atom. The lowest BCUT2D eigenvalue weighted by Gasteiger charge is -2.45. The second-order valence-corrected chi connectivity index (χ2v) is 5.72. The van der Waals surface area contributed by atoms with E-state index in [2.05, 4.69) is 34.6 Å². The molecule has 4 atom stereocenters. The van der Waals surface area contributed by atoms with Crippen LogP contribution in [-0.2, 0) is 0 Å². The smallest absolute Gasteiger partial charge is 0.0156 e. The SMILES string of the molecule is CC1C[C@@H](C(C)C)C[C@@](C)(N)C1C. The van der Waals surface area contributed by atoms with E-state index in [0.29, 0.717) is 5.92 Å². The molecule has 1 fully saturated rings. The molecule has 0 aromatic rings. The molecule has 0 saturated heterocycles. The van der Waals surface area contributed by atoms with Crippen molar-refractivity contribution in [2.24, 2.45) is 29.4 Å². The monoisotopic (exact) mass is 183 g/mol. The molecule has 0 aliphatic heterocycles. The Morgan fingerprint density at radius 3 is 2.23 bits per heavy atom. The van der Waals surface area contributed by atoms with Crippen molar-refractivity contribution in [3.63, 3.8) is 0 Å². The maximum atomic E-state index is 6.34. The van der Waals surface area contributed by atoms with Crippen molar-refractivity contribution < 1.29 is 0 Å². The van der Waals surface area contributed by atoms with Crippen LogP contribution in [-0.4, -0.2) is 5.54 Å². The minimum Gasteiger partial charge on any atom is -0.325 e. The van der Waals surface area contributed by atoms with Gasteiger partial charge in [-0.25, -0.2) is 0 Å². The molecule has 0 radical (unpaired) electrons. The van der Waals surface area contributed by atoms with Crippen molar-refractivity contribution >= 4 is 0 Å². The quantitative estimate of drug-likeness (QED) is 0.664. The molecule has 2 unspecified atom stereocenters. The van der Waals surface area contributed by atoms with Gasteiger partial charge >= 0.3 is 0 Å². The summed E-state index contributed by atoms with van der Waals surface area (Å²) in [6.07, 6.45) is 2.57. The normalized spacial score (nSPS) is 46.8. The molecule has 13 heavy (non-hydrogen) atoms. The van der Waals surface area contributed by atoms with Gasteiger partial charge in [0.05, 0.1) is 0 Å². The first-order valence-corrected chi connectivity index (χ1v) is 5.63. The molecule has 1 heteroatoms. The molecule has 2 N–H and O–H groups in total. The summed E-state index contributed by atoms with van der Waals surface area (Å²) in [5.41, 5.74) is 6.40. The average Bonchev–Trinajstić information content (AvgIpc) is 1.99. The number of hydrogen-bond acceptors (Lipinski definition) is 1. The van der Waals surface area contributed by atoms with Crippen molar-refractivity contribution in [3.8, 4) is 0 Å². The van der Waals surface area contributed by atoms with Crippen LogP contribution >= 0.6 is 0 Å². The fourth-order valence-corrected chi connectivity index (χ4v) is 2.67. The molecule has 1 aliphatic carbocycles. The highest BCUT2D eigenvalue weighted by atomic mass is 14.8. The Balaban J connectivity index is 2.70. The Bertz CT molecular complexity index is 172. The van der Waals surface area contributed by atoms with E-state index < -0.39 is 0 Å². The van der Waals surface area contributed by atoms with Crippen LogP contribution in [0.25, 0.3) is 0 Å². The maximum absolute atomic E-state index is 6.34. The summed E-state index contributed by atoms with van der Waals surface area (Å²) in [5.74, 6) is 3.08. The molecule has 0 spiro atoms. The number of hydrogen-bond donors (Lipinski definition) is 1. The Labute approximate surface area is 83.1 Å². The van der Waals surface area contributed by atoms with Crippen LogP contribution in [0.5, 0.6) is 0 Å². The fraction of sp³-hybridized carbons (Fsp3) is 1.00. The topological polar surface area (TPSA) is 26.0 Å². The highest BCUT2D eigenvalue weighted by molar-refractivity contribution is 4.95. The lowest BCUT2D eigenvalue weighted by molar-refractivity contribution is 0.0882. The largest absolute Gasteiger partial charge is 0.325 e. The molecule has 0 aromatic carbocycles. The van der Waals surface area contributed by atoms with E-state index in [1.807, 2.05) is 0 Å². The molecule has 0 amide bonds. The molecule has 0 aromatic heterocycles. The summed E-state index contributed by atoms with van der Waals surface area (Å²) < 4.78 is 0. The van der Waals surface area contributed by atoms with Crippen molar-refractivity contribution in [2.75, 3.05) is 0 Å². The van der Waals surface area contributed by atoms with Gasteiger partial charge < -0.3 is 5.73 Å². The summed E-state index contributed by atoms with van der Waals surface area (Å²) in [7, 11) is 0. The van der Waals surface area contributed by atoms with Crippen LogP contribution in [0.1, 0.15) is 47.5 Å². The van der Waals surface area contributed by atoms with Crippen molar-refractivity contribution in [1.82, 2.24) is 0 Å². The lowest BCUT2D eigenvalue weighted by Crippen LogP contribution is -2.51. The second kappa shape index (κ2) is 3.61. The van der Waals surface area contributed by atoms with Gasteiger partial charge in [0.2, 0.25) is 0 Å². The van der Waals surface area contributed by atoms with Crippen molar-refractivity contribution in [1.29, 1.82) is 0 Å². The zero-order valence-corrected chi connectivity index (χ0v) is 9.80. The maximum Gasteiger partial charge on any atom is 0.0156 e. The lowest BCUT2D eigenvalue weighted by atomic mass is 9.63. The van der Waals surface area contributed by atoms with Gasteiger partial charge in [-0.3, -0.25) is 0 Å². The molecule has 1 rings (SSSR count). The van der Waals surface area contributed by atoms with Gasteiger partial charge in [-0.15, -0.1) is 0 Å². The van der Waals surface area contributed by atoms with Crippen LogP contribution in [0, 0.1) is 23.7 Å². The zero-order valence-electron chi connectivity index (χ0n) is 9.80. The van der Waals surface area contributed by atoms with E-state index in [1.54, 1.807) is 0 Å². The zero-order chi connectivity index (χ0) is 10.2. The van der Waals surface area contributed by atoms with Gasteiger partial charge in [0.1, 0.15) is 0 Å². The molecule has 1 aliphatic rings. The van der Waals surface area contributed by atoms with Gasteiger partial charge in [0.25, 0.3) is 0 Å². The van der Waals surface area contributed by atoms with E-state index in [9.17, 15) is 0 Å². The molecule has 1 nitrogen and oxygen atoms in total. The Morgan fingerprint density at radius 2 is 1.85 bits per heavy atom. The first-order valence-electron chi connectivity index (χ1n) is 5.63. The van der Waals surface area contributed by atoms with Crippen molar-refractivity contribution in [3.05, 3.63) is 0 Å². The third-order valence-corrected chi connectivity index (χ3v) is 4.21.